The molecule has 1 atom stereocenters. The lowest BCUT2D eigenvalue weighted by Gasteiger charge is -2.22. The zero-order valence-electron chi connectivity index (χ0n) is 10.2. The summed E-state index contributed by atoms with van der Waals surface area (Å²) >= 11 is 0. The van der Waals surface area contributed by atoms with Gasteiger partial charge in [0, 0.05) is 24.0 Å². The van der Waals surface area contributed by atoms with Gasteiger partial charge in [-0.25, -0.2) is 14.4 Å². The van der Waals surface area contributed by atoms with Crippen molar-refractivity contribution in [2.45, 2.75) is 31.7 Å². The summed E-state index contributed by atoms with van der Waals surface area (Å²) in [6.07, 6.45) is 6.13. The maximum absolute atomic E-state index is 13.6. The molecule has 2 aromatic rings. The Hall–Kier alpha value is -1.55. The third kappa shape index (κ3) is 2.34. The molecule has 1 unspecified atom stereocenters. The molecule has 2 heterocycles. The van der Waals surface area contributed by atoms with Crippen molar-refractivity contribution in [3.8, 4) is 0 Å². The van der Waals surface area contributed by atoms with E-state index in [4.69, 9.17) is 0 Å². The van der Waals surface area contributed by atoms with E-state index in [-0.39, 0.29) is 5.82 Å². The molecular weight excluding hydrogens is 229 g/mol. The Morgan fingerprint density at radius 1 is 1.33 bits per heavy atom. The Morgan fingerprint density at radius 3 is 3.11 bits per heavy atom. The molecule has 1 saturated heterocycles. The van der Waals surface area contributed by atoms with Crippen molar-refractivity contribution in [1.29, 1.82) is 0 Å². The lowest BCUT2D eigenvalue weighted by molar-refractivity contribution is 0.394. The van der Waals surface area contributed by atoms with Crippen LogP contribution in [0, 0.1) is 5.82 Å². The van der Waals surface area contributed by atoms with E-state index in [1.807, 2.05) is 6.07 Å². The number of rotatable bonds is 2. The van der Waals surface area contributed by atoms with Gasteiger partial charge in [-0.2, -0.15) is 0 Å². The number of fused-ring (bicyclic) bond motifs is 1. The molecule has 0 radical (unpaired) electrons. The summed E-state index contributed by atoms with van der Waals surface area (Å²) in [5, 5.41) is 4.22. The topological polar surface area (TPSA) is 37.8 Å². The van der Waals surface area contributed by atoms with Gasteiger partial charge >= 0.3 is 0 Å². The number of hydrogen-bond acceptors (Lipinski definition) is 3. The zero-order valence-corrected chi connectivity index (χ0v) is 10.2. The first kappa shape index (κ1) is 11.5. The van der Waals surface area contributed by atoms with Gasteiger partial charge in [0.05, 0.1) is 0 Å². The lowest BCUT2D eigenvalue weighted by atomic mass is 10.0. The first-order valence-electron chi connectivity index (χ1n) is 6.46. The highest BCUT2D eigenvalue weighted by Crippen LogP contribution is 2.16. The van der Waals surface area contributed by atoms with Crippen molar-refractivity contribution >= 4 is 10.9 Å². The molecule has 1 aromatic carbocycles. The Kier molecular flexibility index (Phi) is 3.19. The van der Waals surface area contributed by atoms with Crippen LogP contribution in [0.4, 0.5) is 4.39 Å². The molecule has 0 saturated carbocycles. The van der Waals surface area contributed by atoms with E-state index >= 15 is 0 Å². The molecule has 1 aliphatic heterocycles. The summed E-state index contributed by atoms with van der Waals surface area (Å²) in [7, 11) is 0. The van der Waals surface area contributed by atoms with Gasteiger partial charge in [0.15, 0.2) is 0 Å². The summed E-state index contributed by atoms with van der Waals surface area (Å²) in [5.74, 6) is 0.458. The second-order valence-corrected chi connectivity index (χ2v) is 4.81. The van der Waals surface area contributed by atoms with E-state index < -0.39 is 0 Å². The molecule has 94 valence electrons. The van der Waals surface area contributed by atoms with Gasteiger partial charge in [-0.15, -0.1) is 0 Å². The van der Waals surface area contributed by atoms with Crippen LogP contribution in [0.15, 0.2) is 24.4 Å². The van der Waals surface area contributed by atoms with Crippen molar-refractivity contribution in [3.05, 3.63) is 36.0 Å². The van der Waals surface area contributed by atoms with Gasteiger partial charge in [-0.1, -0.05) is 18.6 Å². The monoisotopic (exact) mass is 245 g/mol. The fourth-order valence-corrected chi connectivity index (χ4v) is 2.47. The van der Waals surface area contributed by atoms with Crippen LogP contribution in [0.25, 0.3) is 10.9 Å². The van der Waals surface area contributed by atoms with Crippen LogP contribution in [0.5, 0.6) is 0 Å². The minimum atomic E-state index is -0.271. The van der Waals surface area contributed by atoms with Crippen molar-refractivity contribution in [2.75, 3.05) is 6.54 Å². The molecule has 4 heteroatoms. The van der Waals surface area contributed by atoms with E-state index in [1.165, 1.54) is 18.9 Å². The minimum absolute atomic E-state index is 0.271. The van der Waals surface area contributed by atoms with Crippen LogP contribution < -0.4 is 5.32 Å². The number of benzene rings is 1. The Balaban J connectivity index is 1.86. The van der Waals surface area contributed by atoms with E-state index in [1.54, 1.807) is 12.3 Å². The number of piperidine rings is 1. The predicted octanol–water partition coefficient (Wildman–Crippen LogP) is 2.45. The second kappa shape index (κ2) is 4.98. The number of aromatic nitrogens is 2. The minimum Gasteiger partial charge on any atom is -0.314 e. The van der Waals surface area contributed by atoms with Crippen molar-refractivity contribution in [2.24, 2.45) is 0 Å². The molecule has 18 heavy (non-hydrogen) atoms. The zero-order chi connectivity index (χ0) is 12.4. The van der Waals surface area contributed by atoms with Gasteiger partial charge in [-0.05, 0) is 25.5 Å². The average Bonchev–Trinajstić information content (AvgIpc) is 2.41. The molecule has 1 aliphatic rings. The van der Waals surface area contributed by atoms with Gasteiger partial charge in [-0.3, -0.25) is 0 Å². The largest absolute Gasteiger partial charge is 0.314 e. The Bertz CT molecular complexity index is 550. The molecule has 3 nitrogen and oxygen atoms in total. The van der Waals surface area contributed by atoms with Gasteiger partial charge < -0.3 is 5.32 Å². The highest BCUT2D eigenvalue weighted by molar-refractivity contribution is 5.77. The van der Waals surface area contributed by atoms with Crippen LogP contribution >= 0.6 is 0 Å². The molecule has 1 aromatic heterocycles. The van der Waals surface area contributed by atoms with Crippen LogP contribution in [0.3, 0.4) is 0 Å². The van der Waals surface area contributed by atoms with Crippen LogP contribution in [-0.2, 0) is 6.42 Å². The second-order valence-electron chi connectivity index (χ2n) is 4.81. The van der Waals surface area contributed by atoms with E-state index in [0.717, 1.165) is 30.6 Å². The third-order valence-corrected chi connectivity index (χ3v) is 3.45. The number of hydrogen-bond donors (Lipinski definition) is 1. The van der Waals surface area contributed by atoms with E-state index in [0.29, 0.717) is 11.6 Å². The Labute approximate surface area is 105 Å². The normalized spacial score (nSPS) is 20.2. The number of nitrogens with one attached hydrogen (secondary N) is 1. The molecule has 0 spiro atoms. The predicted molar refractivity (Wildman–Crippen MR) is 68.8 cm³/mol. The van der Waals surface area contributed by atoms with Crippen molar-refractivity contribution < 1.29 is 4.39 Å². The summed E-state index contributed by atoms with van der Waals surface area (Å²) in [5.41, 5.74) is 0.429. The molecule has 1 fully saturated rings. The highest BCUT2D eigenvalue weighted by atomic mass is 19.1. The fourth-order valence-electron chi connectivity index (χ4n) is 2.47. The molecular formula is C14H16FN3. The average molecular weight is 245 g/mol. The summed E-state index contributed by atoms with van der Waals surface area (Å²) in [6, 6.07) is 5.39. The Morgan fingerprint density at radius 2 is 2.28 bits per heavy atom. The number of halogens is 1. The molecule has 1 N–H and O–H groups in total. The first-order chi connectivity index (χ1) is 8.83. The van der Waals surface area contributed by atoms with Crippen LogP contribution in [-0.4, -0.2) is 22.6 Å². The van der Waals surface area contributed by atoms with E-state index in [2.05, 4.69) is 15.3 Å². The van der Waals surface area contributed by atoms with Gasteiger partial charge in [0.1, 0.15) is 17.2 Å². The standard InChI is InChI=1S/C14H16FN3/c15-12-6-3-4-10-9-17-13(18-14(10)12)8-11-5-1-2-7-16-11/h3-4,6,9,11,16H,1-2,5,7-8H2. The van der Waals surface area contributed by atoms with Gasteiger partial charge in [0.2, 0.25) is 0 Å². The maximum Gasteiger partial charge on any atom is 0.149 e. The third-order valence-electron chi connectivity index (χ3n) is 3.45. The number of nitrogens with zero attached hydrogens (tertiary/aromatic N) is 2. The summed E-state index contributed by atoms with van der Waals surface area (Å²) in [6.45, 7) is 1.06. The molecule has 0 amide bonds. The summed E-state index contributed by atoms with van der Waals surface area (Å²) in [4.78, 5) is 8.67. The van der Waals surface area contributed by atoms with Crippen LogP contribution in [0.1, 0.15) is 25.1 Å². The van der Waals surface area contributed by atoms with Crippen molar-refractivity contribution in [3.63, 3.8) is 0 Å². The lowest BCUT2D eigenvalue weighted by Crippen LogP contribution is -2.36. The highest BCUT2D eigenvalue weighted by Gasteiger charge is 2.15. The SMILES string of the molecule is Fc1cccc2cnc(CC3CCCCN3)nc12. The van der Waals surface area contributed by atoms with Gasteiger partial charge in [0.25, 0.3) is 0 Å². The molecule has 3 rings (SSSR count). The molecule has 0 bridgehead atoms. The first-order valence-corrected chi connectivity index (χ1v) is 6.46. The maximum atomic E-state index is 13.6. The van der Waals surface area contributed by atoms with Crippen LogP contribution in [0.2, 0.25) is 0 Å². The van der Waals surface area contributed by atoms with E-state index in [9.17, 15) is 4.39 Å². The fraction of sp³-hybridized carbons (Fsp3) is 0.429. The summed E-state index contributed by atoms with van der Waals surface area (Å²) < 4.78 is 13.6. The number of para-hydroxylation sites is 1. The van der Waals surface area contributed by atoms with Crippen molar-refractivity contribution in [1.82, 2.24) is 15.3 Å². The molecule has 0 aliphatic carbocycles. The smallest absolute Gasteiger partial charge is 0.149 e. The quantitative estimate of drug-likeness (QED) is 0.883.